The highest BCUT2D eigenvalue weighted by atomic mass is 16.5. The van der Waals surface area contributed by atoms with E-state index in [0.29, 0.717) is 18.7 Å². The predicted octanol–water partition coefficient (Wildman–Crippen LogP) is 4.10. The first-order chi connectivity index (χ1) is 12.2. The van der Waals surface area contributed by atoms with Crippen molar-refractivity contribution in [3.8, 4) is 16.9 Å². The van der Waals surface area contributed by atoms with Gasteiger partial charge in [-0.2, -0.15) is 0 Å². The van der Waals surface area contributed by atoms with Crippen LogP contribution in [0.15, 0.2) is 67.0 Å². The van der Waals surface area contributed by atoms with Crippen LogP contribution in [0, 0.1) is 6.92 Å². The summed E-state index contributed by atoms with van der Waals surface area (Å²) in [6.45, 7) is 3.08. The van der Waals surface area contributed by atoms with Crippen molar-refractivity contribution in [2.45, 2.75) is 6.92 Å². The third kappa shape index (κ3) is 2.98. The maximum atomic E-state index is 13.0. The second-order valence-corrected chi connectivity index (χ2v) is 6.10. The van der Waals surface area contributed by atoms with Crippen LogP contribution >= 0.6 is 0 Å². The smallest absolute Gasteiger partial charge is 0.260 e. The first kappa shape index (κ1) is 15.4. The Bertz CT molecular complexity index is 919. The van der Waals surface area contributed by atoms with Crippen LogP contribution in [-0.4, -0.2) is 24.0 Å². The number of rotatable bonds is 2. The van der Waals surface area contributed by atoms with Gasteiger partial charge in [0, 0.05) is 18.0 Å². The van der Waals surface area contributed by atoms with E-state index in [0.717, 1.165) is 22.6 Å². The fourth-order valence-corrected chi connectivity index (χ4v) is 3.00. The Morgan fingerprint density at radius 3 is 2.68 bits per heavy atom. The number of hydrogen-bond acceptors (Lipinski definition) is 3. The highest BCUT2D eigenvalue weighted by molar-refractivity contribution is 6.07. The van der Waals surface area contributed by atoms with E-state index in [1.54, 1.807) is 17.3 Å². The van der Waals surface area contributed by atoms with Crippen molar-refractivity contribution in [2.75, 3.05) is 18.1 Å². The van der Waals surface area contributed by atoms with E-state index in [2.05, 4.69) is 24.0 Å². The molecule has 4 heteroatoms. The normalized spacial score (nSPS) is 13.1. The molecule has 0 saturated carbocycles. The highest BCUT2D eigenvalue weighted by Crippen LogP contribution is 2.32. The zero-order valence-electron chi connectivity index (χ0n) is 14.0. The lowest BCUT2D eigenvalue weighted by Gasteiger charge is -2.29. The summed E-state index contributed by atoms with van der Waals surface area (Å²) in [5, 5.41) is 0. The number of carbonyl (C=O) groups excluding carboxylic acids is 1. The topological polar surface area (TPSA) is 42.4 Å². The van der Waals surface area contributed by atoms with Gasteiger partial charge in [0.15, 0.2) is 0 Å². The van der Waals surface area contributed by atoms with Crippen LogP contribution in [0.4, 0.5) is 5.69 Å². The number of pyridine rings is 1. The molecule has 0 spiro atoms. The van der Waals surface area contributed by atoms with Gasteiger partial charge in [-0.15, -0.1) is 0 Å². The van der Waals surface area contributed by atoms with Crippen molar-refractivity contribution in [1.29, 1.82) is 0 Å². The molecule has 1 aliphatic rings. The molecule has 2 aromatic carbocycles. The highest BCUT2D eigenvalue weighted by Gasteiger charge is 2.24. The van der Waals surface area contributed by atoms with Gasteiger partial charge in [-0.25, -0.2) is 0 Å². The number of aryl methyl sites for hydroxylation is 1. The summed E-state index contributed by atoms with van der Waals surface area (Å²) in [5.74, 6) is 0.682. The molecule has 1 amide bonds. The minimum atomic E-state index is -0.0581. The van der Waals surface area contributed by atoms with Crippen LogP contribution in [0.25, 0.3) is 11.1 Å². The van der Waals surface area contributed by atoms with Gasteiger partial charge >= 0.3 is 0 Å². The molecule has 0 bridgehead atoms. The third-order valence-electron chi connectivity index (χ3n) is 4.34. The van der Waals surface area contributed by atoms with Crippen LogP contribution in [-0.2, 0) is 0 Å². The van der Waals surface area contributed by atoms with Crippen molar-refractivity contribution >= 4 is 11.6 Å². The number of aromatic nitrogens is 1. The monoisotopic (exact) mass is 330 g/mol. The van der Waals surface area contributed by atoms with Crippen LogP contribution in [0.5, 0.6) is 5.75 Å². The van der Waals surface area contributed by atoms with Gasteiger partial charge in [0.2, 0.25) is 0 Å². The summed E-state index contributed by atoms with van der Waals surface area (Å²) >= 11 is 0. The molecule has 25 heavy (non-hydrogen) atoms. The number of anilines is 1. The average Bonchev–Trinajstić information content (AvgIpc) is 2.68. The quantitative estimate of drug-likeness (QED) is 0.710. The van der Waals surface area contributed by atoms with Gasteiger partial charge in [0.1, 0.15) is 12.4 Å². The molecule has 1 aliphatic heterocycles. The number of carbonyl (C=O) groups is 1. The molecule has 0 atom stereocenters. The second-order valence-electron chi connectivity index (χ2n) is 6.10. The van der Waals surface area contributed by atoms with Crippen molar-refractivity contribution < 1.29 is 9.53 Å². The molecule has 3 aromatic rings. The van der Waals surface area contributed by atoms with Gasteiger partial charge in [0.25, 0.3) is 5.91 Å². The number of amides is 1. The molecule has 4 nitrogen and oxygen atoms in total. The fraction of sp³-hybridized carbons (Fsp3) is 0.143. The van der Waals surface area contributed by atoms with Crippen molar-refractivity contribution in [1.82, 2.24) is 4.98 Å². The predicted molar refractivity (Wildman–Crippen MR) is 98.0 cm³/mol. The van der Waals surface area contributed by atoms with Crippen LogP contribution in [0.2, 0.25) is 0 Å². The molecule has 0 unspecified atom stereocenters. The minimum absolute atomic E-state index is 0.0581. The molecule has 4 rings (SSSR count). The van der Waals surface area contributed by atoms with Gasteiger partial charge in [-0.1, -0.05) is 42.0 Å². The van der Waals surface area contributed by atoms with Gasteiger partial charge < -0.3 is 9.64 Å². The van der Waals surface area contributed by atoms with Crippen molar-refractivity contribution in [3.05, 3.63) is 78.1 Å². The molecule has 2 heterocycles. The molecule has 1 aromatic heterocycles. The summed E-state index contributed by atoms with van der Waals surface area (Å²) in [6.07, 6.45) is 3.41. The molecular formula is C21H18N2O2. The summed E-state index contributed by atoms with van der Waals surface area (Å²) < 4.78 is 5.63. The van der Waals surface area contributed by atoms with E-state index >= 15 is 0 Å². The fourth-order valence-electron chi connectivity index (χ4n) is 3.00. The lowest BCUT2D eigenvalue weighted by Crippen LogP contribution is -2.38. The van der Waals surface area contributed by atoms with Crippen molar-refractivity contribution in [2.24, 2.45) is 0 Å². The van der Waals surface area contributed by atoms with E-state index in [1.165, 1.54) is 5.56 Å². The summed E-state index contributed by atoms with van der Waals surface area (Å²) in [5.41, 5.74) is 4.57. The van der Waals surface area contributed by atoms with Crippen LogP contribution in [0.1, 0.15) is 15.9 Å². The first-order valence-electron chi connectivity index (χ1n) is 8.28. The standard InChI is InChI=1S/C21H18N2O2/c1-15-6-8-16(9-7-15)17-12-18(14-22-13-17)21(24)23-10-11-25-20-5-3-2-4-19(20)23/h2-9,12-14H,10-11H2,1H3. The van der Waals surface area contributed by atoms with Crippen LogP contribution < -0.4 is 9.64 Å². The van der Waals surface area contributed by atoms with Crippen LogP contribution in [0.3, 0.4) is 0 Å². The molecule has 0 aliphatic carbocycles. The summed E-state index contributed by atoms with van der Waals surface area (Å²) in [6, 6.07) is 17.7. The van der Waals surface area contributed by atoms with Gasteiger partial charge in [0.05, 0.1) is 17.8 Å². The Labute approximate surface area is 146 Å². The lowest BCUT2D eigenvalue weighted by atomic mass is 10.0. The van der Waals surface area contributed by atoms with Crippen molar-refractivity contribution in [3.63, 3.8) is 0 Å². The number of fused-ring (bicyclic) bond motifs is 1. The number of hydrogen-bond donors (Lipinski definition) is 0. The Morgan fingerprint density at radius 1 is 1.04 bits per heavy atom. The summed E-state index contributed by atoms with van der Waals surface area (Å²) in [4.78, 5) is 19.1. The van der Waals surface area contributed by atoms with E-state index in [1.807, 2.05) is 42.5 Å². The van der Waals surface area contributed by atoms with E-state index in [4.69, 9.17) is 4.74 Å². The molecule has 124 valence electrons. The number of ether oxygens (including phenoxy) is 1. The van der Waals surface area contributed by atoms with E-state index in [-0.39, 0.29) is 5.91 Å². The number of benzene rings is 2. The number of para-hydroxylation sites is 2. The Morgan fingerprint density at radius 2 is 1.84 bits per heavy atom. The molecule has 0 fully saturated rings. The third-order valence-corrected chi connectivity index (χ3v) is 4.34. The first-order valence-corrected chi connectivity index (χ1v) is 8.28. The molecule has 0 N–H and O–H groups in total. The largest absolute Gasteiger partial charge is 0.490 e. The molecule has 0 radical (unpaired) electrons. The average molecular weight is 330 g/mol. The number of nitrogens with zero attached hydrogens (tertiary/aromatic N) is 2. The Hall–Kier alpha value is -3.14. The second kappa shape index (κ2) is 6.40. The van der Waals surface area contributed by atoms with Gasteiger partial charge in [-0.05, 0) is 30.7 Å². The van der Waals surface area contributed by atoms with E-state index in [9.17, 15) is 4.79 Å². The summed E-state index contributed by atoms with van der Waals surface area (Å²) in [7, 11) is 0. The van der Waals surface area contributed by atoms with Gasteiger partial charge in [-0.3, -0.25) is 9.78 Å². The SMILES string of the molecule is Cc1ccc(-c2cncc(C(=O)N3CCOc4ccccc43)c2)cc1. The lowest BCUT2D eigenvalue weighted by molar-refractivity contribution is 0.0976. The Balaban J connectivity index is 1.68. The maximum Gasteiger partial charge on any atom is 0.260 e. The zero-order valence-corrected chi connectivity index (χ0v) is 14.0. The molecular weight excluding hydrogens is 312 g/mol. The minimum Gasteiger partial charge on any atom is -0.490 e. The molecule has 0 saturated heterocycles. The maximum absolute atomic E-state index is 13.0. The Kier molecular flexibility index (Phi) is 3.94. The zero-order chi connectivity index (χ0) is 17.2. The van der Waals surface area contributed by atoms with E-state index < -0.39 is 0 Å².